The van der Waals surface area contributed by atoms with Gasteiger partial charge >= 0.3 is 0 Å². The van der Waals surface area contributed by atoms with Crippen molar-refractivity contribution in [1.82, 2.24) is 0 Å². The third-order valence-corrected chi connectivity index (χ3v) is 4.66. The Labute approximate surface area is 107 Å². The van der Waals surface area contributed by atoms with Crippen LogP contribution < -0.4 is 11.1 Å². The fraction of sp³-hybridized carbons (Fsp3) is 0.583. The zero-order valence-electron chi connectivity index (χ0n) is 9.71. The quantitative estimate of drug-likeness (QED) is 0.866. The molecule has 1 aromatic heterocycles. The minimum Gasteiger partial charge on any atom is -0.327 e. The lowest BCUT2D eigenvalue weighted by Gasteiger charge is -2.16. The Bertz CT molecular complexity index is 500. The molecule has 1 unspecified atom stereocenters. The Morgan fingerprint density at radius 2 is 2.28 bits per heavy atom. The lowest BCUT2D eigenvalue weighted by atomic mass is 9.95. The Balaban J connectivity index is 1.69. The van der Waals surface area contributed by atoms with Crippen molar-refractivity contribution in [2.24, 2.45) is 11.7 Å². The molecular formula is C12H14F2N2OS. The van der Waals surface area contributed by atoms with Crippen molar-refractivity contribution in [3.63, 3.8) is 0 Å². The molecule has 1 heterocycles. The highest BCUT2D eigenvalue weighted by Gasteiger charge is 2.61. The largest absolute Gasteiger partial charge is 0.327 e. The normalized spacial score (nSPS) is 28.6. The van der Waals surface area contributed by atoms with Gasteiger partial charge in [0, 0.05) is 17.3 Å². The first kappa shape index (κ1) is 12.0. The molecule has 2 atom stereocenters. The van der Waals surface area contributed by atoms with Gasteiger partial charge in [-0.1, -0.05) is 0 Å². The average Bonchev–Trinajstić information content (AvgIpc) is 2.76. The van der Waals surface area contributed by atoms with Crippen LogP contribution in [0.4, 0.5) is 13.8 Å². The first-order chi connectivity index (χ1) is 8.45. The second-order valence-electron chi connectivity index (χ2n) is 5.07. The van der Waals surface area contributed by atoms with E-state index in [1.165, 1.54) is 16.2 Å². The van der Waals surface area contributed by atoms with Gasteiger partial charge in [0.25, 0.3) is 5.92 Å². The van der Waals surface area contributed by atoms with Gasteiger partial charge in [0.2, 0.25) is 5.91 Å². The monoisotopic (exact) mass is 272 g/mol. The molecule has 0 aromatic carbocycles. The highest BCUT2D eigenvalue weighted by Crippen LogP contribution is 2.49. The van der Waals surface area contributed by atoms with Crippen molar-refractivity contribution < 1.29 is 13.6 Å². The number of halogens is 2. The summed E-state index contributed by atoms with van der Waals surface area (Å²) < 4.78 is 25.5. The number of carbonyl (C=O) groups excluding carboxylic acids is 1. The predicted octanol–water partition coefficient (Wildman–Crippen LogP) is 2.16. The summed E-state index contributed by atoms with van der Waals surface area (Å²) in [7, 11) is 0. The van der Waals surface area contributed by atoms with E-state index < -0.39 is 17.7 Å². The van der Waals surface area contributed by atoms with Crippen LogP contribution in [0.2, 0.25) is 0 Å². The van der Waals surface area contributed by atoms with E-state index in [4.69, 9.17) is 5.73 Å². The molecule has 0 radical (unpaired) electrons. The van der Waals surface area contributed by atoms with Crippen LogP contribution in [0.15, 0.2) is 6.07 Å². The Morgan fingerprint density at radius 3 is 2.94 bits per heavy atom. The maximum Gasteiger partial charge on any atom is 0.260 e. The SMILES string of the molecule is N[C@H]1CCc2sc(NC(=O)C3CC3(F)F)cc2C1. The highest BCUT2D eigenvalue weighted by molar-refractivity contribution is 7.16. The summed E-state index contributed by atoms with van der Waals surface area (Å²) in [6.45, 7) is 0. The van der Waals surface area contributed by atoms with Gasteiger partial charge in [0.15, 0.2) is 0 Å². The van der Waals surface area contributed by atoms with E-state index >= 15 is 0 Å². The van der Waals surface area contributed by atoms with Crippen molar-refractivity contribution in [2.75, 3.05) is 5.32 Å². The second-order valence-corrected chi connectivity index (χ2v) is 6.21. The number of thiophene rings is 1. The summed E-state index contributed by atoms with van der Waals surface area (Å²) in [5.74, 6) is -4.51. The van der Waals surface area contributed by atoms with E-state index in [2.05, 4.69) is 5.32 Å². The van der Waals surface area contributed by atoms with Crippen molar-refractivity contribution in [2.45, 2.75) is 37.6 Å². The molecule has 1 fully saturated rings. The molecule has 0 bridgehead atoms. The summed E-state index contributed by atoms with van der Waals surface area (Å²) in [5, 5.41) is 3.26. The van der Waals surface area contributed by atoms with Gasteiger partial charge in [-0.05, 0) is 30.9 Å². The zero-order chi connectivity index (χ0) is 12.9. The minimum absolute atomic E-state index is 0.170. The predicted molar refractivity (Wildman–Crippen MR) is 66.0 cm³/mol. The summed E-state index contributed by atoms with van der Waals surface area (Å²) in [5.41, 5.74) is 7.02. The van der Waals surface area contributed by atoms with Gasteiger partial charge < -0.3 is 11.1 Å². The molecule has 0 aliphatic heterocycles. The van der Waals surface area contributed by atoms with Gasteiger partial charge in [-0.3, -0.25) is 4.79 Å². The fourth-order valence-corrected chi connectivity index (χ4v) is 3.43. The van der Waals surface area contributed by atoms with E-state index in [-0.39, 0.29) is 12.5 Å². The molecule has 2 aliphatic rings. The first-order valence-electron chi connectivity index (χ1n) is 6.01. The molecule has 0 saturated heterocycles. The third-order valence-electron chi connectivity index (χ3n) is 3.51. The molecule has 98 valence electrons. The molecule has 1 saturated carbocycles. The molecule has 3 nitrogen and oxygen atoms in total. The average molecular weight is 272 g/mol. The van der Waals surface area contributed by atoms with Gasteiger partial charge in [-0.2, -0.15) is 0 Å². The van der Waals surface area contributed by atoms with E-state index in [1.807, 2.05) is 6.07 Å². The van der Waals surface area contributed by atoms with Crippen LogP contribution in [0.1, 0.15) is 23.3 Å². The van der Waals surface area contributed by atoms with Crippen molar-refractivity contribution in [1.29, 1.82) is 0 Å². The van der Waals surface area contributed by atoms with E-state index in [1.54, 1.807) is 0 Å². The number of aryl methyl sites for hydroxylation is 1. The van der Waals surface area contributed by atoms with Gasteiger partial charge in [-0.15, -0.1) is 11.3 Å². The molecular weight excluding hydrogens is 258 g/mol. The summed E-state index contributed by atoms with van der Waals surface area (Å²) >= 11 is 1.48. The maximum atomic E-state index is 12.8. The second kappa shape index (κ2) is 3.99. The van der Waals surface area contributed by atoms with Gasteiger partial charge in [0.1, 0.15) is 5.92 Å². The molecule has 0 spiro atoms. The van der Waals surface area contributed by atoms with Crippen LogP contribution in [0, 0.1) is 5.92 Å². The number of carbonyl (C=O) groups is 1. The van der Waals surface area contributed by atoms with E-state index in [9.17, 15) is 13.6 Å². The Morgan fingerprint density at radius 1 is 1.56 bits per heavy atom. The smallest absolute Gasteiger partial charge is 0.260 e. The van der Waals surface area contributed by atoms with E-state index in [0.717, 1.165) is 24.8 Å². The molecule has 1 aromatic rings. The van der Waals surface area contributed by atoms with Gasteiger partial charge in [0.05, 0.1) is 5.00 Å². The molecule has 1 amide bonds. The summed E-state index contributed by atoms with van der Waals surface area (Å²) in [4.78, 5) is 12.8. The maximum absolute atomic E-state index is 12.8. The lowest BCUT2D eigenvalue weighted by Crippen LogP contribution is -2.26. The lowest BCUT2D eigenvalue weighted by molar-refractivity contribution is -0.119. The Hall–Kier alpha value is -1.01. The topological polar surface area (TPSA) is 55.1 Å². The molecule has 6 heteroatoms. The third kappa shape index (κ3) is 2.14. The fourth-order valence-electron chi connectivity index (χ4n) is 2.32. The number of alkyl halides is 2. The van der Waals surface area contributed by atoms with Crippen LogP contribution in [0.25, 0.3) is 0 Å². The number of anilines is 1. The number of hydrogen-bond donors (Lipinski definition) is 2. The van der Waals surface area contributed by atoms with Crippen molar-refractivity contribution >= 4 is 22.2 Å². The number of hydrogen-bond acceptors (Lipinski definition) is 3. The van der Waals surface area contributed by atoms with Crippen LogP contribution in [-0.2, 0) is 17.6 Å². The Kier molecular flexibility index (Phi) is 2.67. The minimum atomic E-state index is -2.80. The molecule has 3 rings (SSSR count). The van der Waals surface area contributed by atoms with Gasteiger partial charge in [-0.25, -0.2) is 8.78 Å². The molecule has 2 aliphatic carbocycles. The molecule has 3 N–H and O–H groups in total. The van der Waals surface area contributed by atoms with Crippen molar-refractivity contribution in [3.05, 3.63) is 16.5 Å². The number of rotatable bonds is 2. The first-order valence-corrected chi connectivity index (χ1v) is 6.83. The highest BCUT2D eigenvalue weighted by atomic mass is 32.1. The number of fused-ring (bicyclic) bond motifs is 1. The van der Waals surface area contributed by atoms with Crippen LogP contribution in [0.5, 0.6) is 0 Å². The number of nitrogens with two attached hydrogens (primary N) is 1. The van der Waals surface area contributed by atoms with Crippen molar-refractivity contribution in [3.8, 4) is 0 Å². The van der Waals surface area contributed by atoms with Crippen LogP contribution in [0.3, 0.4) is 0 Å². The van der Waals surface area contributed by atoms with Crippen LogP contribution in [-0.4, -0.2) is 17.9 Å². The zero-order valence-corrected chi connectivity index (χ0v) is 10.5. The molecule has 18 heavy (non-hydrogen) atoms. The summed E-state index contributed by atoms with van der Waals surface area (Å²) in [6.07, 6.45) is 2.34. The number of amides is 1. The summed E-state index contributed by atoms with van der Waals surface area (Å²) in [6, 6.07) is 2.04. The van der Waals surface area contributed by atoms with Crippen LogP contribution >= 0.6 is 11.3 Å². The van der Waals surface area contributed by atoms with E-state index in [0.29, 0.717) is 5.00 Å². The number of nitrogens with one attached hydrogen (secondary N) is 1. The standard InChI is InChI=1S/C12H14F2N2OS/c13-12(14)5-8(12)11(17)16-10-4-6-3-7(15)1-2-9(6)18-10/h4,7-8H,1-3,5,15H2,(H,16,17)/t7-,8?/m0/s1.